The summed E-state index contributed by atoms with van der Waals surface area (Å²) in [4.78, 5) is 26.1. The number of likely N-dealkylation sites (tertiary alicyclic amines) is 1. The molecule has 1 fully saturated rings. The van der Waals surface area contributed by atoms with E-state index < -0.39 is 0 Å². The summed E-state index contributed by atoms with van der Waals surface area (Å²) in [6, 6.07) is 0. The van der Waals surface area contributed by atoms with Crippen molar-refractivity contribution in [2.24, 2.45) is 0 Å². The summed E-state index contributed by atoms with van der Waals surface area (Å²) in [5.41, 5.74) is 2.17. The monoisotopic (exact) mass is 341 g/mol. The number of carbonyl (C=O) groups is 1. The Labute approximate surface area is 143 Å². The molecule has 1 atom stereocenters. The van der Waals surface area contributed by atoms with E-state index in [1.54, 1.807) is 22.2 Å². The summed E-state index contributed by atoms with van der Waals surface area (Å²) in [5.74, 6) is 0.765. The molecule has 7 heteroatoms. The Morgan fingerprint density at radius 2 is 2.12 bits per heavy atom. The molecule has 1 aliphatic heterocycles. The molecule has 24 heavy (non-hydrogen) atoms. The minimum atomic E-state index is -0.0542. The van der Waals surface area contributed by atoms with E-state index in [4.69, 9.17) is 0 Å². The number of nitrogens with zero attached hydrogens (tertiary/aromatic N) is 5. The molecule has 0 unspecified atom stereocenters. The fourth-order valence-corrected chi connectivity index (χ4v) is 5.33. The van der Waals surface area contributed by atoms with Gasteiger partial charge >= 0.3 is 0 Å². The molecule has 124 valence electrons. The number of rotatable bonds is 1. The molecule has 0 N–H and O–H groups in total. The normalized spacial score (nSPS) is 20.9. The van der Waals surface area contributed by atoms with Gasteiger partial charge in [-0.3, -0.25) is 4.79 Å². The standard InChI is InChI=1S/C17H19N5OS/c1-10-5-4-6-11-12(10)13-15-19-14(17(23)21-7-2-3-8-21)20-22(15)9-18-16(13)24-11/h9-10H,2-8H2,1H3/t10-/m1/s1. The average Bonchev–Trinajstić information content (AvgIpc) is 3.30. The van der Waals surface area contributed by atoms with E-state index in [0.717, 1.165) is 48.2 Å². The molecule has 3 aromatic heterocycles. The lowest BCUT2D eigenvalue weighted by Crippen LogP contribution is -2.28. The number of hydrogen-bond acceptors (Lipinski definition) is 5. The predicted octanol–water partition coefficient (Wildman–Crippen LogP) is 3.01. The van der Waals surface area contributed by atoms with Gasteiger partial charge in [-0.25, -0.2) is 14.5 Å². The van der Waals surface area contributed by atoms with Crippen LogP contribution in [0.5, 0.6) is 0 Å². The minimum absolute atomic E-state index is 0.0542. The lowest BCUT2D eigenvalue weighted by atomic mass is 9.87. The summed E-state index contributed by atoms with van der Waals surface area (Å²) in [5, 5.41) is 5.53. The first-order valence-electron chi connectivity index (χ1n) is 8.68. The highest BCUT2D eigenvalue weighted by molar-refractivity contribution is 7.19. The predicted molar refractivity (Wildman–Crippen MR) is 92.7 cm³/mol. The van der Waals surface area contributed by atoms with Crippen LogP contribution in [-0.4, -0.2) is 43.5 Å². The van der Waals surface area contributed by atoms with Crippen LogP contribution < -0.4 is 0 Å². The lowest BCUT2D eigenvalue weighted by Gasteiger charge is -2.18. The molecule has 3 aromatic rings. The summed E-state index contributed by atoms with van der Waals surface area (Å²) < 4.78 is 1.68. The Kier molecular flexibility index (Phi) is 3.13. The van der Waals surface area contributed by atoms with Gasteiger partial charge in [0.15, 0.2) is 5.65 Å². The van der Waals surface area contributed by atoms with E-state index in [9.17, 15) is 4.79 Å². The smallest absolute Gasteiger partial charge is 0.293 e. The lowest BCUT2D eigenvalue weighted by molar-refractivity contribution is 0.0781. The molecular weight excluding hydrogens is 322 g/mol. The van der Waals surface area contributed by atoms with E-state index in [0.29, 0.717) is 11.7 Å². The third-order valence-electron chi connectivity index (χ3n) is 5.26. The first-order valence-corrected chi connectivity index (χ1v) is 9.50. The zero-order chi connectivity index (χ0) is 16.3. The van der Waals surface area contributed by atoms with Gasteiger partial charge in [0.1, 0.15) is 11.2 Å². The van der Waals surface area contributed by atoms with Gasteiger partial charge in [-0.05, 0) is 43.6 Å². The van der Waals surface area contributed by atoms with Crippen molar-refractivity contribution in [1.29, 1.82) is 0 Å². The zero-order valence-corrected chi connectivity index (χ0v) is 14.5. The molecule has 0 radical (unpaired) electrons. The van der Waals surface area contributed by atoms with Crippen molar-refractivity contribution in [3.8, 4) is 0 Å². The van der Waals surface area contributed by atoms with Crippen molar-refractivity contribution in [1.82, 2.24) is 24.5 Å². The number of thiophene rings is 1. The highest BCUT2D eigenvalue weighted by Gasteiger charge is 2.27. The minimum Gasteiger partial charge on any atom is -0.336 e. The molecular formula is C17H19N5OS. The highest BCUT2D eigenvalue weighted by Crippen LogP contribution is 2.42. The van der Waals surface area contributed by atoms with Crippen molar-refractivity contribution in [2.75, 3.05) is 13.1 Å². The van der Waals surface area contributed by atoms with E-state index >= 15 is 0 Å². The summed E-state index contributed by atoms with van der Waals surface area (Å²) in [6.45, 7) is 3.90. The SMILES string of the molecule is C[C@@H]1CCCc2sc3ncn4nc(C(=O)N5CCCC5)nc4c3c21. The Bertz CT molecular complexity index is 953. The summed E-state index contributed by atoms with van der Waals surface area (Å²) >= 11 is 1.77. The molecule has 1 saturated heterocycles. The Hall–Kier alpha value is -2.02. The van der Waals surface area contributed by atoms with Crippen LogP contribution in [0.3, 0.4) is 0 Å². The molecule has 2 aliphatic rings. The van der Waals surface area contributed by atoms with Gasteiger partial charge in [0, 0.05) is 18.0 Å². The van der Waals surface area contributed by atoms with Gasteiger partial charge in [-0.15, -0.1) is 16.4 Å². The first-order chi connectivity index (χ1) is 11.7. The molecule has 0 saturated carbocycles. The molecule has 6 nitrogen and oxygen atoms in total. The van der Waals surface area contributed by atoms with Gasteiger partial charge < -0.3 is 4.90 Å². The van der Waals surface area contributed by atoms with Crippen LogP contribution in [0.1, 0.15) is 59.6 Å². The number of carbonyl (C=O) groups excluding carboxylic acids is 1. The summed E-state index contributed by atoms with van der Waals surface area (Å²) in [6.07, 6.45) is 7.40. The van der Waals surface area contributed by atoms with Crippen LogP contribution >= 0.6 is 11.3 Å². The van der Waals surface area contributed by atoms with Crippen LogP contribution in [-0.2, 0) is 6.42 Å². The van der Waals surface area contributed by atoms with E-state index in [1.165, 1.54) is 23.3 Å². The van der Waals surface area contributed by atoms with Crippen LogP contribution in [0.15, 0.2) is 6.33 Å². The molecule has 0 bridgehead atoms. The summed E-state index contributed by atoms with van der Waals surface area (Å²) in [7, 11) is 0. The van der Waals surface area contributed by atoms with Gasteiger partial charge in [-0.2, -0.15) is 0 Å². The third kappa shape index (κ3) is 2.00. The van der Waals surface area contributed by atoms with Gasteiger partial charge in [0.05, 0.1) is 5.39 Å². The highest BCUT2D eigenvalue weighted by atomic mass is 32.1. The zero-order valence-electron chi connectivity index (χ0n) is 13.7. The molecule has 5 rings (SSSR count). The Morgan fingerprint density at radius 3 is 2.96 bits per heavy atom. The third-order valence-corrected chi connectivity index (χ3v) is 6.43. The second-order valence-corrected chi connectivity index (χ2v) is 7.94. The van der Waals surface area contributed by atoms with Crippen molar-refractivity contribution in [3.05, 3.63) is 22.6 Å². The van der Waals surface area contributed by atoms with Gasteiger partial charge in [0.25, 0.3) is 5.91 Å². The number of amides is 1. The second-order valence-electron chi connectivity index (χ2n) is 6.86. The average molecular weight is 341 g/mol. The number of fused-ring (bicyclic) bond motifs is 5. The number of aryl methyl sites for hydroxylation is 1. The van der Waals surface area contributed by atoms with E-state index in [-0.39, 0.29) is 5.91 Å². The Morgan fingerprint density at radius 1 is 1.29 bits per heavy atom. The number of aromatic nitrogens is 4. The van der Waals surface area contributed by atoms with Crippen LogP contribution in [0.25, 0.3) is 15.9 Å². The molecule has 1 aliphatic carbocycles. The molecule has 0 aromatic carbocycles. The molecule has 0 spiro atoms. The van der Waals surface area contributed by atoms with Crippen molar-refractivity contribution in [3.63, 3.8) is 0 Å². The maximum Gasteiger partial charge on any atom is 0.293 e. The topological polar surface area (TPSA) is 63.4 Å². The van der Waals surface area contributed by atoms with Crippen LogP contribution in [0.2, 0.25) is 0 Å². The molecule has 1 amide bonds. The Balaban J connectivity index is 1.70. The van der Waals surface area contributed by atoms with E-state index in [1.807, 2.05) is 4.90 Å². The fourth-order valence-electron chi connectivity index (χ4n) is 4.04. The maximum atomic E-state index is 12.6. The second kappa shape index (κ2) is 5.24. The van der Waals surface area contributed by atoms with E-state index in [2.05, 4.69) is 22.0 Å². The fraction of sp³-hybridized carbons (Fsp3) is 0.529. The van der Waals surface area contributed by atoms with Crippen LogP contribution in [0.4, 0.5) is 0 Å². The van der Waals surface area contributed by atoms with Crippen molar-refractivity contribution in [2.45, 2.75) is 44.9 Å². The van der Waals surface area contributed by atoms with Gasteiger partial charge in [0.2, 0.25) is 5.82 Å². The van der Waals surface area contributed by atoms with Gasteiger partial charge in [-0.1, -0.05) is 6.92 Å². The largest absolute Gasteiger partial charge is 0.336 e. The molecule has 4 heterocycles. The first kappa shape index (κ1) is 14.3. The van der Waals surface area contributed by atoms with Crippen molar-refractivity contribution < 1.29 is 4.79 Å². The quantitative estimate of drug-likeness (QED) is 0.682. The maximum absolute atomic E-state index is 12.6. The van der Waals surface area contributed by atoms with Crippen LogP contribution in [0, 0.1) is 0 Å². The number of hydrogen-bond donors (Lipinski definition) is 0. The van der Waals surface area contributed by atoms with Crippen molar-refractivity contribution >= 4 is 33.1 Å².